The maximum absolute atomic E-state index is 13.0. The van der Waals surface area contributed by atoms with E-state index in [0.717, 1.165) is 29.1 Å². The predicted molar refractivity (Wildman–Crippen MR) is 65.3 cm³/mol. The summed E-state index contributed by atoms with van der Waals surface area (Å²) in [6.07, 6.45) is 0.842. The van der Waals surface area contributed by atoms with Crippen molar-refractivity contribution in [2.45, 2.75) is 26.3 Å². The Morgan fingerprint density at radius 1 is 1.29 bits per heavy atom. The van der Waals surface area contributed by atoms with Crippen molar-refractivity contribution in [2.24, 2.45) is 5.73 Å². The normalized spacial score (nSPS) is 12.7. The molecule has 0 saturated heterocycles. The van der Waals surface area contributed by atoms with Gasteiger partial charge in [0.25, 0.3) is 0 Å². The zero-order valence-electron chi connectivity index (χ0n) is 10.0. The summed E-state index contributed by atoms with van der Waals surface area (Å²) in [7, 11) is 0. The first-order valence-corrected chi connectivity index (χ1v) is 5.72. The number of furan rings is 1. The molecule has 1 heterocycles. The zero-order chi connectivity index (χ0) is 12.4. The number of hydrogen-bond donors (Lipinski definition) is 1. The molecule has 1 aromatic heterocycles. The largest absolute Gasteiger partial charge is 0.464 e. The number of rotatable bonds is 3. The standard InChI is InChI=1S/C14H16FNO/c1-3-11-5-7-13(17-11)14(16)12-6-4-10(15)8-9(12)2/h4-8,14H,3,16H2,1-2H3. The lowest BCUT2D eigenvalue weighted by atomic mass is 10.0. The monoisotopic (exact) mass is 233 g/mol. The van der Waals surface area contributed by atoms with Crippen LogP contribution < -0.4 is 5.73 Å². The second-order valence-electron chi connectivity index (χ2n) is 4.14. The minimum atomic E-state index is -0.337. The van der Waals surface area contributed by atoms with E-state index in [0.29, 0.717) is 0 Å². The van der Waals surface area contributed by atoms with Crippen molar-refractivity contribution in [2.75, 3.05) is 0 Å². The van der Waals surface area contributed by atoms with Crippen LogP contribution in [0.4, 0.5) is 4.39 Å². The highest BCUT2D eigenvalue weighted by Gasteiger charge is 2.15. The van der Waals surface area contributed by atoms with E-state index in [-0.39, 0.29) is 11.9 Å². The molecule has 3 heteroatoms. The second-order valence-corrected chi connectivity index (χ2v) is 4.14. The Kier molecular flexibility index (Phi) is 3.29. The molecule has 2 rings (SSSR count). The summed E-state index contributed by atoms with van der Waals surface area (Å²) in [5.74, 6) is 1.39. The molecule has 1 unspecified atom stereocenters. The van der Waals surface area contributed by atoms with Crippen molar-refractivity contribution in [3.63, 3.8) is 0 Å². The highest BCUT2D eigenvalue weighted by atomic mass is 19.1. The van der Waals surface area contributed by atoms with E-state index in [4.69, 9.17) is 10.2 Å². The number of nitrogens with two attached hydrogens (primary N) is 1. The summed E-state index contributed by atoms with van der Waals surface area (Å²) in [6.45, 7) is 3.87. The number of halogens is 1. The van der Waals surface area contributed by atoms with E-state index < -0.39 is 0 Å². The number of hydrogen-bond acceptors (Lipinski definition) is 2. The predicted octanol–water partition coefficient (Wildman–Crippen LogP) is 3.34. The van der Waals surface area contributed by atoms with E-state index in [9.17, 15) is 4.39 Å². The molecular weight excluding hydrogens is 217 g/mol. The third-order valence-corrected chi connectivity index (χ3v) is 2.90. The van der Waals surface area contributed by atoms with Gasteiger partial charge in [0.2, 0.25) is 0 Å². The topological polar surface area (TPSA) is 39.2 Å². The smallest absolute Gasteiger partial charge is 0.125 e. The van der Waals surface area contributed by atoms with E-state index in [1.165, 1.54) is 12.1 Å². The van der Waals surface area contributed by atoms with Crippen molar-refractivity contribution in [1.82, 2.24) is 0 Å². The van der Waals surface area contributed by atoms with Gasteiger partial charge in [0.05, 0.1) is 6.04 Å². The molecule has 0 amide bonds. The van der Waals surface area contributed by atoms with Crippen LogP contribution in [0.2, 0.25) is 0 Å². The molecule has 0 radical (unpaired) electrons. The highest BCUT2D eigenvalue weighted by molar-refractivity contribution is 5.34. The van der Waals surface area contributed by atoms with Crippen molar-refractivity contribution in [3.05, 3.63) is 58.8 Å². The lowest BCUT2D eigenvalue weighted by Crippen LogP contribution is -2.12. The molecule has 1 aromatic carbocycles. The average Bonchev–Trinajstić information content (AvgIpc) is 2.76. The minimum absolute atomic E-state index is 0.243. The molecule has 0 fully saturated rings. The first-order valence-electron chi connectivity index (χ1n) is 5.72. The van der Waals surface area contributed by atoms with Crippen molar-refractivity contribution in [1.29, 1.82) is 0 Å². The number of benzene rings is 1. The van der Waals surface area contributed by atoms with Gasteiger partial charge < -0.3 is 10.2 Å². The molecule has 1 atom stereocenters. The average molecular weight is 233 g/mol. The molecule has 90 valence electrons. The molecule has 2 nitrogen and oxygen atoms in total. The van der Waals surface area contributed by atoms with Gasteiger partial charge in [0.15, 0.2) is 0 Å². The van der Waals surface area contributed by atoms with E-state index in [2.05, 4.69) is 0 Å². The van der Waals surface area contributed by atoms with Crippen LogP contribution >= 0.6 is 0 Å². The van der Waals surface area contributed by atoms with Gasteiger partial charge in [-0.3, -0.25) is 0 Å². The van der Waals surface area contributed by atoms with E-state index in [1.54, 1.807) is 6.07 Å². The van der Waals surface area contributed by atoms with Crippen LogP contribution in [-0.2, 0) is 6.42 Å². The summed E-state index contributed by atoms with van der Waals surface area (Å²) in [6, 6.07) is 8.09. The summed E-state index contributed by atoms with van der Waals surface area (Å²) in [4.78, 5) is 0. The molecule has 0 aliphatic heterocycles. The molecule has 2 N–H and O–H groups in total. The fraction of sp³-hybridized carbons (Fsp3) is 0.286. The lowest BCUT2D eigenvalue weighted by Gasteiger charge is -2.12. The molecule has 17 heavy (non-hydrogen) atoms. The second kappa shape index (κ2) is 4.72. The van der Waals surface area contributed by atoms with Crippen LogP contribution in [0.25, 0.3) is 0 Å². The molecule has 0 spiro atoms. The Labute approximate surface area is 100 Å². The van der Waals surface area contributed by atoms with Crippen LogP contribution in [0.1, 0.15) is 35.6 Å². The van der Waals surface area contributed by atoms with Crippen LogP contribution in [0, 0.1) is 12.7 Å². The fourth-order valence-corrected chi connectivity index (χ4v) is 1.89. The maximum atomic E-state index is 13.0. The summed E-state index contributed by atoms with van der Waals surface area (Å²) in [5.41, 5.74) is 7.85. The quantitative estimate of drug-likeness (QED) is 0.883. The SMILES string of the molecule is CCc1ccc(C(N)c2ccc(F)cc2C)o1. The Hall–Kier alpha value is -1.61. The van der Waals surface area contributed by atoms with Gasteiger partial charge in [-0.2, -0.15) is 0 Å². The number of aryl methyl sites for hydroxylation is 2. The molecule has 0 saturated carbocycles. The van der Waals surface area contributed by atoms with Gasteiger partial charge >= 0.3 is 0 Å². The van der Waals surface area contributed by atoms with Crippen molar-refractivity contribution >= 4 is 0 Å². The van der Waals surface area contributed by atoms with Crippen molar-refractivity contribution in [3.8, 4) is 0 Å². The Morgan fingerprint density at radius 3 is 2.65 bits per heavy atom. The summed E-state index contributed by atoms with van der Waals surface area (Å²) < 4.78 is 18.6. The Morgan fingerprint density at radius 2 is 2.06 bits per heavy atom. The molecule has 2 aromatic rings. The third-order valence-electron chi connectivity index (χ3n) is 2.90. The molecular formula is C14H16FNO. The zero-order valence-corrected chi connectivity index (χ0v) is 10.0. The first-order chi connectivity index (χ1) is 8.11. The fourth-order valence-electron chi connectivity index (χ4n) is 1.89. The molecule has 0 bridgehead atoms. The molecule has 0 aliphatic rings. The molecule has 0 aliphatic carbocycles. The van der Waals surface area contributed by atoms with Gasteiger partial charge in [-0.05, 0) is 42.3 Å². The van der Waals surface area contributed by atoms with E-state index in [1.807, 2.05) is 26.0 Å². The maximum Gasteiger partial charge on any atom is 0.125 e. The van der Waals surface area contributed by atoms with Gasteiger partial charge in [-0.1, -0.05) is 13.0 Å². The van der Waals surface area contributed by atoms with Crippen molar-refractivity contribution < 1.29 is 8.81 Å². The van der Waals surface area contributed by atoms with Crippen LogP contribution in [0.5, 0.6) is 0 Å². The van der Waals surface area contributed by atoms with Gasteiger partial charge in [0.1, 0.15) is 17.3 Å². The Balaban J connectivity index is 2.33. The van der Waals surface area contributed by atoms with Crippen LogP contribution in [-0.4, -0.2) is 0 Å². The Bertz CT molecular complexity index is 519. The summed E-state index contributed by atoms with van der Waals surface area (Å²) in [5, 5.41) is 0. The van der Waals surface area contributed by atoms with Gasteiger partial charge in [0, 0.05) is 6.42 Å². The van der Waals surface area contributed by atoms with Crippen LogP contribution in [0.15, 0.2) is 34.7 Å². The lowest BCUT2D eigenvalue weighted by molar-refractivity contribution is 0.453. The first kappa shape index (κ1) is 11.9. The highest BCUT2D eigenvalue weighted by Crippen LogP contribution is 2.24. The van der Waals surface area contributed by atoms with E-state index >= 15 is 0 Å². The summed E-state index contributed by atoms with van der Waals surface area (Å²) >= 11 is 0. The third kappa shape index (κ3) is 2.39. The van der Waals surface area contributed by atoms with Crippen LogP contribution in [0.3, 0.4) is 0 Å². The minimum Gasteiger partial charge on any atom is -0.464 e. The van der Waals surface area contributed by atoms with Gasteiger partial charge in [-0.15, -0.1) is 0 Å². The van der Waals surface area contributed by atoms with Gasteiger partial charge in [-0.25, -0.2) is 4.39 Å².